The van der Waals surface area contributed by atoms with E-state index in [0.717, 1.165) is 105 Å². The summed E-state index contributed by atoms with van der Waals surface area (Å²) in [4.78, 5) is 34.0. The maximum absolute atomic E-state index is 13.4. The van der Waals surface area contributed by atoms with Gasteiger partial charge in [-0.3, -0.25) is 4.79 Å². The molecule has 2 saturated heterocycles. The van der Waals surface area contributed by atoms with Crippen LogP contribution in [0.1, 0.15) is 19.3 Å². The molecule has 0 unspecified atom stereocenters. The van der Waals surface area contributed by atoms with Gasteiger partial charge in [0.15, 0.2) is 17.0 Å². The van der Waals surface area contributed by atoms with Crippen molar-refractivity contribution in [2.45, 2.75) is 25.8 Å². The number of piperazine rings is 1. The molecular weight excluding hydrogens is 505 g/mol. The van der Waals surface area contributed by atoms with Gasteiger partial charge in [0.05, 0.1) is 0 Å². The number of nitrogens with zero attached hydrogens (tertiary/aromatic N) is 7. The molecule has 1 atom stereocenters. The van der Waals surface area contributed by atoms with E-state index < -0.39 is 0 Å². The average molecular weight is 540 g/mol. The second-order valence-electron chi connectivity index (χ2n) is 11.5. The molecule has 8 nitrogen and oxygen atoms in total. The number of carbonyl (C=O) groups excluding carboxylic acids is 1. The third kappa shape index (κ3) is 4.83. The Kier molecular flexibility index (Phi) is 6.46. The topological polar surface area (TPSA) is 70.4 Å². The van der Waals surface area contributed by atoms with Crippen molar-refractivity contribution in [1.82, 2.24) is 29.3 Å². The molecular formula is C31H34FN7O. The van der Waals surface area contributed by atoms with Crippen LogP contribution in [0.3, 0.4) is 0 Å². The number of amides is 1. The predicted molar refractivity (Wildman–Crippen MR) is 153 cm³/mol. The van der Waals surface area contributed by atoms with Gasteiger partial charge >= 0.3 is 0 Å². The number of halogens is 1. The molecule has 2 aliphatic heterocycles. The SMILES string of the molecule is CN1CCN(c2ncnc3c2nc(-c2ccc(-c4ccc(F)cc4)cc2)n3C[C@@H]2CCN(C(=O)C3CC3)C2)CC1. The van der Waals surface area contributed by atoms with E-state index in [1.54, 1.807) is 18.5 Å². The third-order valence-electron chi connectivity index (χ3n) is 8.60. The zero-order valence-corrected chi connectivity index (χ0v) is 22.8. The van der Waals surface area contributed by atoms with E-state index in [-0.39, 0.29) is 11.7 Å². The molecule has 1 saturated carbocycles. The lowest BCUT2D eigenvalue weighted by molar-refractivity contribution is -0.131. The van der Waals surface area contributed by atoms with Crippen LogP contribution < -0.4 is 4.90 Å². The fraction of sp³-hybridized carbons (Fsp3) is 0.419. The van der Waals surface area contributed by atoms with Gasteiger partial charge in [-0.05, 0) is 55.5 Å². The first-order chi connectivity index (χ1) is 19.5. The summed E-state index contributed by atoms with van der Waals surface area (Å²) < 4.78 is 15.7. The van der Waals surface area contributed by atoms with Crippen LogP contribution in [0.5, 0.6) is 0 Å². The Labute approximate surface area is 233 Å². The lowest BCUT2D eigenvalue weighted by Gasteiger charge is -2.33. The highest BCUT2D eigenvalue weighted by Gasteiger charge is 2.37. The van der Waals surface area contributed by atoms with Gasteiger partial charge in [0.2, 0.25) is 5.91 Å². The van der Waals surface area contributed by atoms with Crippen molar-refractivity contribution in [3.05, 3.63) is 60.7 Å². The van der Waals surface area contributed by atoms with Crippen molar-refractivity contribution in [1.29, 1.82) is 0 Å². The van der Waals surface area contributed by atoms with Crippen LogP contribution in [0.4, 0.5) is 10.2 Å². The highest BCUT2D eigenvalue weighted by Crippen LogP contribution is 2.35. The molecule has 0 N–H and O–H groups in total. The minimum absolute atomic E-state index is 0.240. The summed E-state index contributed by atoms with van der Waals surface area (Å²) in [5.74, 6) is 2.44. The Morgan fingerprint density at radius 1 is 0.875 bits per heavy atom. The van der Waals surface area contributed by atoms with Gasteiger partial charge in [-0.15, -0.1) is 0 Å². The van der Waals surface area contributed by atoms with Crippen molar-refractivity contribution in [2.75, 3.05) is 51.2 Å². The van der Waals surface area contributed by atoms with Crippen LogP contribution in [0.25, 0.3) is 33.7 Å². The number of likely N-dealkylation sites (tertiary alicyclic amines) is 1. The fourth-order valence-electron chi connectivity index (χ4n) is 6.05. The lowest BCUT2D eigenvalue weighted by Crippen LogP contribution is -2.44. The Balaban J connectivity index is 1.24. The predicted octanol–water partition coefficient (Wildman–Crippen LogP) is 4.31. The Hall–Kier alpha value is -3.85. The standard InChI is InChI=1S/C31H34FN7O/c1-36-14-16-37(17-15-36)29-27-30(34-20-33-29)39(19-21-12-13-38(18-21)31(40)25-6-7-25)28(35-27)24-4-2-22(3-5-24)23-8-10-26(32)11-9-23/h2-5,8-11,20-21,25H,6-7,12-19H2,1H3/t21-/m1/s1. The van der Waals surface area contributed by atoms with Gasteiger partial charge in [-0.25, -0.2) is 19.3 Å². The molecule has 2 aromatic carbocycles. The van der Waals surface area contributed by atoms with Crippen LogP contribution in [0.2, 0.25) is 0 Å². The summed E-state index contributed by atoms with van der Waals surface area (Å²) in [6, 6.07) is 14.8. The highest BCUT2D eigenvalue weighted by atomic mass is 19.1. The monoisotopic (exact) mass is 539 g/mol. The largest absolute Gasteiger partial charge is 0.352 e. The summed E-state index contributed by atoms with van der Waals surface area (Å²) in [6.45, 7) is 6.13. The first-order valence-corrected chi connectivity index (χ1v) is 14.3. The number of aromatic nitrogens is 4. The third-order valence-corrected chi connectivity index (χ3v) is 8.60. The number of benzene rings is 2. The number of anilines is 1. The molecule has 2 aromatic heterocycles. The minimum Gasteiger partial charge on any atom is -0.352 e. The Morgan fingerprint density at radius 3 is 2.25 bits per heavy atom. The number of likely N-dealkylation sites (N-methyl/N-ethyl adjacent to an activating group) is 1. The molecule has 4 heterocycles. The molecule has 7 rings (SSSR count). The second kappa shape index (κ2) is 10.3. The maximum atomic E-state index is 13.4. The lowest BCUT2D eigenvalue weighted by atomic mass is 10.0. The summed E-state index contributed by atoms with van der Waals surface area (Å²) in [5, 5.41) is 0. The smallest absolute Gasteiger partial charge is 0.225 e. The number of hydrogen-bond acceptors (Lipinski definition) is 6. The van der Waals surface area contributed by atoms with E-state index >= 15 is 0 Å². The molecule has 4 aromatic rings. The number of hydrogen-bond donors (Lipinski definition) is 0. The molecule has 3 aliphatic rings. The van der Waals surface area contributed by atoms with Gasteiger partial charge in [0, 0.05) is 57.3 Å². The number of rotatable bonds is 6. The number of fused-ring (bicyclic) bond motifs is 1. The van der Waals surface area contributed by atoms with Gasteiger partial charge in [-0.1, -0.05) is 36.4 Å². The fourth-order valence-corrected chi connectivity index (χ4v) is 6.05. The summed E-state index contributed by atoms with van der Waals surface area (Å²) >= 11 is 0. The first-order valence-electron chi connectivity index (χ1n) is 14.3. The number of imidazole rings is 1. The molecule has 206 valence electrons. The van der Waals surface area contributed by atoms with E-state index in [2.05, 4.69) is 50.6 Å². The molecule has 9 heteroatoms. The molecule has 0 spiro atoms. The van der Waals surface area contributed by atoms with Crippen molar-refractivity contribution in [3.63, 3.8) is 0 Å². The molecule has 1 amide bonds. The maximum Gasteiger partial charge on any atom is 0.225 e. The Bertz CT molecular complexity index is 1520. The number of carbonyl (C=O) groups is 1. The average Bonchev–Trinajstić information content (AvgIpc) is 3.62. The van der Waals surface area contributed by atoms with Crippen LogP contribution in [-0.2, 0) is 11.3 Å². The van der Waals surface area contributed by atoms with Gasteiger partial charge in [-0.2, -0.15) is 0 Å². The summed E-state index contributed by atoms with van der Waals surface area (Å²) in [6.07, 6.45) is 4.72. The highest BCUT2D eigenvalue weighted by molar-refractivity contribution is 5.87. The first kappa shape index (κ1) is 25.1. The quantitative estimate of drug-likeness (QED) is 0.364. The molecule has 0 radical (unpaired) electrons. The summed E-state index contributed by atoms with van der Waals surface area (Å²) in [7, 11) is 2.15. The van der Waals surface area contributed by atoms with E-state index in [4.69, 9.17) is 15.0 Å². The zero-order valence-electron chi connectivity index (χ0n) is 22.8. The van der Waals surface area contributed by atoms with E-state index in [9.17, 15) is 9.18 Å². The van der Waals surface area contributed by atoms with E-state index in [1.165, 1.54) is 12.1 Å². The van der Waals surface area contributed by atoms with Crippen molar-refractivity contribution >= 4 is 22.9 Å². The Morgan fingerprint density at radius 2 is 1.55 bits per heavy atom. The molecule has 3 fully saturated rings. The zero-order chi connectivity index (χ0) is 27.2. The van der Waals surface area contributed by atoms with Crippen LogP contribution in [0, 0.1) is 17.7 Å². The minimum atomic E-state index is -0.240. The van der Waals surface area contributed by atoms with Gasteiger partial charge in [0.25, 0.3) is 0 Å². The second-order valence-corrected chi connectivity index (χ2v) is 11.5. The van der Waals surface area contributed by atoms with Gasteiger partial charge < -0.3 is 19.3 Å². The molecule has 40 heavy (non-hydrogen) atoms. The van der Waals surface area contributed by atoms with Gasteiger partial charge in [0.1, 0.15) is 18.0 Å². The normalized spacial score (nSPS) is 20.0. The molecule has 1 aliphatic carbocycles. The van der Waals surface area contributed by atoms with E-state index in [0.29, 0.717) is 11.8 Å². The van der Waals surface area contributed by atoms with Crippen molar-refractivity contribution in [2.24, 2.45) is 11.8 Å². The van der Waals surface area contributed by atoms with E-state index in [1.807, 2.05) is 0 Å². The van der Waals surface area contributed by atoms with Crippen LogP contribution in [-0.4, -0.2) is 81.5 Å². The van der Waals surface area contributed by atoms with Crippen LogP contribution in [0.15, 0.2) is 54.9 Å². The van der Waals surface area contributed by atoms with Crippen LogP contribution >= 0.6 is 0 Å². The summed E-state index contributed by atoms with van der Waals surface area (Å²) in [5.41, 5.74) is 4.66. The van der Waals surface area contributed by atoms with Crippen molar-refractivity contribution in [3.8, 4) is 22.5 Å². The molecule has 0 bridgehead atoms. The van der Waals surface area contributed by atoms with Crippen molar-refractivity contribution < 1.29 is 9.18 Å².